The SMILES string of the molecule is Nc1cc(O)c(NC2=NCCN2)cc1Cl. The fourth-order valence-electron chi connectivity index (χ4n) is 1.29. The molecule has 5 N–H and O–H groups in total. The van der Waals surface area contributed by atoms with Gasteiger partial charge in [0.2, 0.25) is 0 Å². The van der Waals surface area contributed by atoms with Gasteiger partial charge in [0.05, 0.1) is 22.9 Å². The smallest absolute Gasteiger partial charge is 0.196 e. The molecular weight excluding hydrogens is 216 g/mol. The molecule has 0 aliphatic carbocycles. The lowest BCUT2D eigenvalue weighted by Crippen LogP contribution is -2.26. The fraction of sp³-hybridized carbons (Fsp3) is 0.222. The van der Waals surface area contributed by atoms with Crippen molar-refractivity contribution in [3.63, 3.8) is 0 Å². The number of halogens is 1. The summed E-state index contributed by atoms with van der Waals surface area (Å²) >= 11 is 5.83. The summed E-state index contributed by atoms with van der Waals surface area (Å²) in [7, 11) is 0. The number of phenols is 1. The lowest BCUT2D eigenvalue weighted by Gasteiger charge is -2.10. The van der Waals surface area contributed by atoms with E-state index < -0.39 is 0 Å². The van der Waals surface area contributed by atoms with Crippen LogP contribution in [0, 0.1) is 0 Å². The van der Waals surface area contributed by atoms with Gasteiger partial charge in [-0.3, -0.25) is 4.99 Å². The molecule has 0 radical (unpaired) electrons. The summed E-state index contributed by atoms with van der Waals surface area (Å²) in [5.41, 5.74) is 6.37. The number of nitrogens with two attached hydrogens (primary N) is 1. The summed E-state index contributed by atoms with van der Waals surface area (Å²) in [6, 6.07) is 2.97. The zero-order valence-electron chi connectivity index (χ0n) is 7.92. The molecule has 0 spiro atoms. The number of aromatic hydroxyl groups is 1. The maximum atomic E-state index is 9.59. The van der Waals surface area contributed by atoms with E-state index in [2.05, 4.69) is 15.6 Å². The summed E-state index contributed by atoms with van der Waals surface area (Å²) in [6.07, 6.45) is 0. The number of guanidine groups is 1. The Kier molecular flexibility index (Phi) is 2.55. The summed E-state index contributed by atoms with van der Waals surface area (Å²) in [4.78, 5) is 4.13. The van der Waals surface area contributed by atoms with Crippen LogP contribution in [-0.4, -0.2) is 24.2 Å². The number of hydrogen-bond acceptors (Lipinski definition) is 5. The minimum Gasteiger partial charge on any atom is -0.506 e. The Morgan fingerprint density at radius 2 is 2.33 bits per heavy atom. The van der Waals surface area contributed by atoms with Crippen LogP contribution >= 0.6 is 11.6 Å². The zero-order chi connectivity index (χ0) is 10.8. The van der Waals surface area contributed by atoms with Crippen LogP contribution in [0.5, 0.6) is 5.75 Å². The fourth-order valence-corrected chi connectivity index (χ4v) is 1.45. The number of anilines is 2. The highest BCUT2D eigenvalue weighted by Crippen LogP contribution is 2.31. The quantitative estimate of drug-likeness (QED) is 0.425. The van der Waals surface area contributed by atoms with E-state index in [0.29, 0.717) is 22.4 Å². The highest BCUT2D eigenvalue weighted by Gasteiger charge is 2.10. The molecule has 0 saturated heterocycles. The molecule has 0 aromatic heterocycles. The molecule has 6 heteroatoms. The molecule has 5 nitrogen and oxygen atoms in total. The van der Waals surface area contributed by atoms with Gasteiger partial charge in [-0.25, -0.2) is 0 Å². The minimum absolute atomic E-state index is 0.0494. The van der Waals surface area contributed by atoms with Gasteiger partial charge >= 0.3 is 0 Å². The molecule has 1 heterocycles. The van der Waals surface area contributed by atoms with Gasteiger partial charge in [-0.2, -0.15) is 0 Å². The molecule has 1 aliphatic rings. The van der Waals surface area contributed by atoms with E-state index in [1.54, 1.807) is 6.07 Å². The van der Waals surface area contributed by atoms with E-state index in [0.717, 1.165) is 13.1 Å². The van der Waals surface area contributed by atoms with Crippen molar-refractivity contribution >= 4 is 28.9 Å². The third-order valence-electron chi connectivity index (χ3n) is 2.04. The van der Waals surface area contributed by atoms with Gasteiger partial charge in [-0.05, 0) is 6.07 Å². The number of rotatable bonds is 1. The highest BCUT2D eigenvalue weighted by atomic mass is 35.5. The van der Waals surface area contributed by atoms with Crippen molar-refractivity contribution in [2.24, 2.45) is 4.99 Å². The molecule has 2 rings (SSSR count). The van der Waals surface area contributed by atoms with E-state index in [1.165, 1.54) is 6.07 Å². The van der Waals surface area contributed by atoms with Crippen molar-refractivity contribution in [2.45, 2.75) is 0 Å². The van der Waals surface area contributed by atoms with Crippen LogP contribution in [-0.2, 0) is 0 Å². The van der Waals surface area contributed by atoms with Crippen molar-refractivity contribution in [3.8, 4) is 5.75 Å². The molecule has 1 aromatic rings. The van der Waals surface area contributed by atoms with Gasteiger partial charge in [0, 0.05) is 12.6 Å². The number of hydrogen-bond donors (Lipinski definition) is 4. The first-order valence-corrected chi connectivity index (χ1v) is 4.88. The van der Waals surface area contributed by atoms with Crippen LogP contribution in [0.1, 0.15) is 0 Å². The van der Waals surface area contributed by atoms with Crippen LogP contribution in [0.3, 0.4) is 0 Å². The second-order valence-corrected chi connectivity index (χ2v) is 3.58. The molecule has 80 valence electrons. The first-order valence-electron chi connectivity index (χ1n) is 4.50. The zero-order valence-corrected chi connectivity index (χ0v) is 8.67. The lowest BCUT2D eigenvalue weighted by molar-refractivity contribution is 0.478. The average Bonchev–Trinajstić information content (AvgIpc) is 2.67. The maximum Gasteiger partial charge on any atom is 0.196 e. The second-order valence-electron chi connectivity index (χ2n) is 3.17. The highest BCUT2D eigenvalue weighted by molar-refractivity contribution is 6.33. The standard InChI is InChI=1S/C9H11ClN4O/c10-5-3-7(8(15)4-6(5)11)14-9-12-1-2-13-9/h3-4,15H,1-2,11H2,(H2,12,13,14). The van der Waals surface area contributed by atoms with E-state index in [-0.39, 0.29) is 5.75 Å². The Balaban J connectivity index is 2.24. The minimum atomic E-state index is 0.0494. The van der Waals surface area contributed by atoms with Crippen LogP contribution in [0.4, 0.5) is 11.4 Å². The number of aliphatic imine (C=N–C) groups is 1. The summed E-state index contributed by atoms with van der Waals surface area (Å²) in [5, 5.41) is 15.9. The van der Waals surface area contributed by atoms with E-state index >= 15 is 0 Å². The topological polar surface area (TPSA) is 82.7 Å². The molecule has 0 fully saturated rings. The maximum absolute atomic E-state index is 9.59. The molecule has 0 amide bonds. The number of nitrogens with zero attached hydrogens (tertiary/aromatic N) is 1. The molecule has 0 saturated carbocycles. The molecule has 1 aliphatic heterocycles. The van der Waals surface area contributed by atoms with Crippen molar-refractivity contribution < 1.29 is 5.11 Å². The van der Waals surface area contributed by atoms with Gasteiger partial charge < -0.3 is 21.5 Å². The van der Waals surface area contributed by atoms with Crippen LogP contribution in [0.2, 0.25) is 5.02 Å². The van der Waals surface area contributed by atoms with Gasteiger partial charge in [-0.1, -0.05) is 11.6 Å². The summed E-state index contributed by atoms with van der Waals surface area (Å²) in [6.45, 7) is 1.53. The third kappa shape index (κ3) is 2.07. The monoisotopic (exact) mass is 226 g/mol. The largest absolute Gasteiger partial charge is 0.506 e. The van der Waals surface area contributed by atoms with Gasteiger partial charge in [0.15, 0.2) is 5.96 Å². The molecule has 0 bridgehead atoms. The number of nitrogen functional groups attached to an aromatic ring is 1. The molecule has 1 aromatic carbocycles. The number of benzene rings is 1. The predicted molar refractivity (Wildman–Crippen MR) is 61.5 cm³/mol. The number of phenolic OH excluding ortho intramolecular Hbond substituents is 1. The molecule has 0 unspecified atom stereocenters. The van der Waals surface area contributed by atoms with Crippen molar-refractivity contribution in [2.75, 3.05) is 24.1 Å². The molecule has 0 atom stereocenters. The first kappa shape index (κ1) is 9.92. The van der Waals surface area contributed by atoms with Gasteiger partial charge in [-0.15, -0.1) is 0 Å². The molecule has 15 heavy (non-hydrogen) atoms. The van der Waals surface area contributed by atoms with Crippen molar-refractivity contribution in [1.29, 1.82) is 0 Å². The third-order valence-corrected chi connectivity index (χ3v) is 2.37. The van der Waals surface area contributed by atoms with Crippen molar-refractivity contribution in [1.82, 2.24) is 5.32 Å². The van der Waals surface area contributed by atoms with Crippen LogP contribution in [0.15, 0.2) is 17.1 Å². The van der Waals surface area contributed by atoms with E-state index in [9.17, 15) is 5.11 Å². The van der Waals surface area contributed by atoms with E-state index in [4.69, 9.17) is 17.3 Å². The average molecular weight is 227 g/mol. The Bertz CT molecular complexity index is 419. The Morgan fingerprint density at radius 3 is 3.00 bits per heavy atom. The van der Waals surface area contributed by atoms with Gasteiger partial charge in [0.25, 0.3) is 0 Å². The predicted octanol–water partition coefficient (Wildman–Crippen LogP) is 0.999. The van der Waals surface area contributed by atoms with E-state index in [1.807, 2.05) is 0 Å². The van der Waals surface area contributed by atoms with Gasteiger partial charge in [0.1, 0.15) is 5.75 Å². The summed E-state index contributed by atoms with van der Waals surface area (Å²) < 4.78 is 0. The summed E-state index contributed by atoms with van der Waals surface area (Å²) in [5.74, 6) is 0.680. The van der Waals surface area contributed by atoms with Crippen molar-refractivity contribution in [3.05, 3.63) is 17.2 Å². The Morgan fingerprint density at radius 1 is 1.53 bits per heavy atom. The Labute approximate surface area is 92.0 Å². The first-order chi connectivity index (χ1) is 7.16. The second kappa shape index (κ2) is 3.86. The molecular formula is C9H11ClN4O. The lowest BCUT2D eigenvalue weighted by atomic mass is 10.2. The van der Waals surface area contributed by atoms with Crippen LogP contribution < -0.4 is 16.4 Å². The normalized spacial score (nSPS) is 14.6. The van der Waals surface area contributed by atoms with Crippen LogP contribution in [0.25, 0.3) is 0 Å². The Hall–Kier alpha value is -1.62. The number of nitrogens with one attached hydrogen (secondary N) is 2.